The van der Waals surface area contributed by atoms with Crippen molar-refractivity contribution in [3.63, 3.8) is 0 Å². The van der Waals surface area contributed by atoms with Crippen LogP contribution in [0, 0.1) is 0 Å². The van der Waals surface area contributed by atoms with E-state index >= 15 is 0 Å². The molecule has 0 radical (unpaired) electrons. The molecule has 0 bridgehead atoms. The van der Waals surface area contributed by atoms with E-state index in [1.165, 1.54) is 11.3 Å². The Morgan fingerprint density at radius 3 is 3.05 bits per heavy atom. The van der Waals surface area contributed by atoms with Gasteiger partial charge in [0.15, 0.2) is 5.82 Å². The largest absolute Gasteiger partial charge is 0.322 e. The van der Waals surface area contributed by atoms with Crippen LogP contribution >= 0.6 is 11.3 Å². The molecule has 2 aromatic heterocycles. The summed E-state index contributed by atoms with van der Waals surface area (Å²) < 4.78 is 1.96. The second kappa shape index (κ2) is 5.88. The highest BCUT2D eigenvalue weighted by Gasteiger charge is 2.09. The third-order valence-electron chi connectivity index (χ3n) is 3.12. The van der Waals surface area contributed by atoms with Gasteiger partial charge < -0.3 is 9.88 Å². The number of rotatable bonds is 4. The van der Waals surface area contributed by atoms with E-state index in [1.807, 2.05) is 46.5 Å². The molecule has 21 heavy (non-hydrogen) atoms. The first-order valence-electron chi connectivity index (χ1n) is 6.59. The van der Waals surface area contributed by atoms with Crippen LogP contribution in [0.1, 0.15) is 17.3 Å². The van der Waals surface area contributed by atoms with E-state index < -0.39 is 0 Å². The molecule has 0 atom stereocenters. The molecule has 0 saturated heterocycles. The number of hydrogen-bond acceptors (Lipinski definition) is 4. The van der Waals surface area contributed by atoms with Crippen molar-refractivity contribution < 1.29 is 4.79 Å². The minimum atomic E-state index is -0.106. The number of carbonyl (C=O) groups excluding carboxylic acids is 1. The number of aromatic nitrogens is 3. The van der Waals surface area contributed by atoms with Crippen LogP contribution in [0.5, 0.6) is 0 Å². The summed E-state index contributed by atoms with van der Waals surface area (Å²) in [4.78, 5) is 12.1. The van der Waals surface area contributed by atoms with Crippen LogP contribution < -0.4 is 5.32 Å². The van der Waals surface area contributed by atoms with Gasteiger partial charge in [0.1, 0.15) is 6.33 Å². The topological polar surface area (TPSA) is 59.8 Å². The summed E-state index contributed by atoms with van der Waals surface area (Å²) in [6.45, 7) is 2.84. The molecule has 0 unspecified atom stereocenters. The Morgan fingerprint density at radius 2 is 2.29 bits per heavy atom. The number of aryl methyl sites for hydroxylation is 1. The normalized spacial score (nSPS) is 10.5. The van der Waals surface area contributed by atoms with Gasteiger partial charge in [-0.15, -0.1) is 10.2 Å². The minimum absolute atomic E-state index is 0.106. The molecule has 0 aliphatic heterocycles. The number of nitrogens with zero attached hydrogens (tertiary/aromatic N) is 3. The summed E-state index contributed by atoms with van der Waals surface area (Å²) in [5.74, 6) is 0.689. The van der Waals surface area contributed by atoms with Gasteiger partial charge in [0.25, 0.3) is 5.91 Å². The molecule has 1 amide bonds. The van der Waals surface area contributed by atoms with Gasteiger partial charge in [0.05, 0.1) is 5.56 Å². The summed E-state index contributed by atoms with van der Waals surface area (Å²) in [5, 5.41) is 14.7. The molecule has 0 fully saturated rings. The molecule has 2 heterocycles. The third-order valence-corrected chi connectivity index (χ3v) is 3.80. The molecule has 3 rings (SSSR count). The lowest BCUT2D eigenvalue weighted by atomic mass is 10.2. The Labute approximate surface area is 126 Å². The summed E-state index contributed by atoms with van der Waals surface area (Å²) in [6, 6.07) is 9.42. The van der Waals surface area contributed by atoms with Crippen molar-refractivity contribution in [3.8, 4) is 11.4 Å². The van der Waals surface area contributed by atoms with Crippen molar-refractivity contribution >= 4 is 22.9 Å². The first-order valence-corrected chi connectivity index (χ1v) is 7.54. The Balaban J connectivity index is 1.85. The molecule has 106 valence electrons. The number of benzene rings is 1. The minimum Gasteiger partial charge on any atom is -0.322 e. The zero-order chi connectivity index (χ0) is 14.7. The monoisotopic (exact) mass is 298 g/mol. The van der Waals surface area contributed by atoms with E-state index in [0.29, 0.717) is 5.56 Å². The molecule has 1 aromatic carbocycles. The molecule has 3 aromatic rings. The third kappa shape index (κ3) is 2.85. The smallest absolute Gasteiger partial charge is 0.256 e. The number of hydrogen-bond donors (Lipinski definition) is 1. The van der Waals surface area contributed by atoms with E-state index in [9.17, 15) is 4.79 Å². The summed E-state index contributed by atoms with van der Waals surface area (Å²) in [5.41, 5.74) is 2.34. The van der Waals surface area contributed by atoms with Crippen LogP contribution in [0.4, 0.5) is 5.69 Å². The molecular formula is C15H14N4OS. The number of thiophene rings is 1. The first kappa shape index (κ1) is 13.5. The summed E-state index contributed by atoms with van der Waals surface area (Å²) in [6.07, 6.45) is 1.70. The second-order valence-corrected chi connectivity index (χ2v) is 5.27. The van der Waals surface area contributed by atoms with Crippen LogP contribution in [-0.4, -0.2) is 20.7 Å². The molecule has 5 nitrogen and oxygen atoms in total. The fourth-order valence-electron chi connectivity index (χ4n) is 2.04. The lowest BCUT2D eigenvalue weighted by Crippen LogP contribution is -2.10. The van der Waals surface area contributed by atoms with Crippen molar-refractivity contribution in [1.29, 1.82) is 0 Å². The van der Waals surface area contributed by atoms with Crippen molar-refractivity contribution in [2.24, 2.45) is 0 Å². The Bertz CT molecular complexity index is 749. The number of anilines is 1. The van der Waals surface area contributed by atoms with Gasteiger partial charge in [-0.2, -0.15) is 11.3 Å². The second-order valence-electron chi connectivity index (χ2n) is 4.49. The molecular weight excluding hydrogens is 284 g/mol. The number of amides is 1. The van der Waals surface area contributed by atoms with Crippen molar-refractivity contribution in [3.05, 3.63) is 53.0 Å². The molecule has 0 aliphatic carbocycles. The maximum atomic E-state index is 12.1. The lowest BCUT2D eigenvalue weighted by molar-refractivity contribution is 0.102. The fraction of sp³-hybridized carbons (Fsp3) is 0.133. The molecule has 6 heteroatoms. The molecule has 1 N–H and O–H groups in total. The van der Waals surface area contributed by atoms with Gasteiger partial charge in [0, 0.05) is 23.2 Å². The van der Waals surface area contributed by atoms with Gasteiger partial charge in [-0.3, -0.25) is 4.79 Å². The molecule has 0 aliphatic rings. The molecule has 0 saturated carbocycles. The number of carbonyl (C=O) groups is 1. The Kier molecular flexibility index (Phi) is 3.79. The van der Waals surface area contributed by atoms with Gasteiger partial charge in [0.2, 0.25) is 0 Å². The van der Waals surface area contributed by atoms with Crippen LogP contribution in [-0.2, 0) is 6.54 Å². The van der Waals surface area contributed by atoms with Gasteiger partial charge in [-0.1, -0.05) is 12.1 Å². The average Bonchev–Trinajstić information content (AvgIpc) is 3.18. The van der Waals surface area contributed by atoms with Gasteiger partial charge >= 0.3 is 0 Å². The van der Waals surface area contributed by atoms with Crippen molar-refractivity contribution in [2.45, 2.75) is 13.5 Å². The Morgan fingerprint density at radius 1 is 1.38 bits per heavy atom. The van der Waals surface area contributed by atoms with Crippen LogP contribution in [0.2, 0.25) is 0 Å². The quantitative estimate of drug-likeness (QED) is 0.804. The van der Waals surface area contributed by atoms with Crippen molar-refractivity contribution in [2.75, 3.05) is 5.32 Å². The Hall–Kier alpha value is -2.47. The molecule has 0 spiro atoms. The van der Waals surface area contributed by atoms with Crippen LogP contribution in [0.3, 0.4) is 0 Å². The average molecular weight is 298 g/mol. The highest BCUT2D eigenvalue weighted by atomic mass is 32.1. The summed E-state index contributed by atoms with van der Waals surface area (Å²) >= 11 is 1.50. The van der Waals surface area contributed by atoms with Crippen LogP contribution in [0.25, 0.3) is 11.4 Å². The highest BCUT2D eigenvalue weighted by Crippen LogP contribution is 2.21. The zero-order valence-corrected chi connectivity index (χ0v) is 12.3. The van der Waals surface area contributed by atoms with E-state index in [0.717, 1.165) is 23.6 Å². The first-order chi connectivity index (χ1) is 10.3. The SMILES string of the molecule is CCn1cnnc1-c1cccc(NC(=O)c2ccsc2)c1. The maximum absolute atomic E-state index is 12.1. The van der Waals surface area contributed by atoms with Crippen molar-refractivity contribution in [1.82, 2.24) is 14.8 Å². The maximum Gasteiger partial charge on any atom is 0.256 e. The van der Waals surface area contributed by atoms with Crippen LogP contribution in [0.15, 0.2) is 47.4 Å². The predicted octanol–water partition coefficient (Wildman–Crippen LogP) is 3.28. The predicted molar refractivity (Wildman–Crippen MR) is 83.4 cm³/mol. The van der Waals surface area contributed by atoms with Gasteiger partial charge in [-0.05, 0) is 30.5 Å². The van der Waals surface area contributed by atoms with E-state index in [2.05, 4.69) is 15.5 Å². The number of nitrogens with one attached hydrogen (secondary N) is 1. The van der Waals surface area contributed by atoms with E-state index in [1.54, 1.807) is 12.4 Å². The lowest BCUT2D eigenvalue weighted by Gasteiger charge is -2.07. The van der Waals surface area contributed by atoms with E-state index in [-0.39, 0.29) is 5.91 Å². The zero-order valence-electron chi connectivity index (χ0n) is 11.5. The summed E-state index contributed by atoms with van der Waals surface area (Å²) in [7, 11) is 0. The van der Waals surface area contributed by atoms with Gasteiger partial charge in [-0.25, -0.2) is 0 Å². The standard InChI is InChI=1S/C15H14N4OS/c1-2-19-10-16-18-14(19)11-4-3-5-13(8-11)17-15(20)12-6-7-21-9-12/h3-10H,2H2,1H3,(H,17,20). The fourth-order valence-corrected chi connectivity index (χ4v) is 2.68. The van der Waals surface area contributed by atoms with E-state index in [4.69, 9.17) is 0 Å². The highest BCUT2D eigenvalue weighted by molar-refractivity contribution is 7.08.